The molecule has 0 aliphatic heterocycles. The SMILES string of the molecule is CCCN(CC(=O)N(C)C)C(=O)C(CN)C(C)C. The van der Waals surface area contributed by atoms with Gasteiger partial charge < -0.3 is 15.5 Å². The Morgan fingerprint density at radius 3 is 2.11 bits per heavy atom. The van der Waals surface area contributed by atoms with Crippen LogP contribution in [-0.4, -0.2) is 55.3 Å². The van der Waals surface area contributed by atoms with Crippen LogP contribution in [0.5, 0.6) is 0 Å². The summed E-state index contributed by atoms with van der Waals surface area (Å²) in [5, 5.41) is 0. The smallest absolute Gasteiger partial charge is 0.241 e. The molecule has 0 spiro atoms. The van der Waals surface area contributed by atoms with Gasteiger partial charge in [0.05, 0.1) is 12.5 Å². The highest BCUT2D eigenvalue weighted by molar-refractivity contribution is 5.86. The fourth-order valence-corrected chi connectivity index (χ4v) is 1.73. The summed E-state index contributed by atoms with van der Waals surface area (Å²) in [6, 6.07) is 0. The van der Waals surface area contributed by atoms with Crippen molar-refractivity contribution in [2.75, 3.05) is 33.7 Å². The number of nitrogens with two attached hydrogens (primary N) is 1. The van der Waals surface area contributed by atoms with Crippen molar-refractivity contribution in [3.63, 3.8) is 0 Å². The quantitative estimate of drug-likeness (QED) is 0.724. The number of rotatable bonds is 7. The molecule has 0 aromatic heterocycles. The monoisotopic (exact) mass is 257 g/mol. The Kier molecular flexibility index (Phi) is 7.59. The van der Waals surface area contributed by atoms with Crippen molar-refractivity contribution in [3.8, 4) is 0 Å². The Bertz CT molecular complexity index is 277. The average Bonchev–Trinajstić information content (AvgIpc) is 2.28. The molecule has 0 aliphatic carbocycles. The Hall–Kier alpha value is -1.10. The summed E-state index contributed by atoms with van der Waals surface area (Å²) in [5.41, 5.74) is 5.66. The summed E-state index contributed by atoms with van der Waals surface area (Å²) in [6.07, 6.45) is 0.835. The second-order valence-corrected chi connectivity index (χ2v) is 5.13. The lowest BCUT2D eigenvalue weighted by atomic mass is 9.94. The van der Waals surface area contributed by atoms with Gasteiger partial charge in [-0.05, 0) is 12.3 Å². The number of nitrogens with zero attached hydrogens (tertiary/aromatic N) is 2. The lowest BCUT2D eigenvalue weighted by molar-refractivity contribution is -0.142. The van der Waals surface area contributed by atoms with Gasteiger partial charge in [-0.1, -0.05) is 20.8 Å². The van der Waals surface area contributed by atoms with Crippen LogP contribution in [0.4, 0.5) is 0 Å². The van der Waals surface area contributed by atoms with E-state index in [9.17, 15) is 9.59 Å². The van der Waals surface area contributed by atoms with Crippen molar-refractivity contribution < 1.29 is 9.59 Å². The van der Waals surface area contributed by atoms with E-state index in [4.69, 9.17) is 5.73 Å². The standard InChI is InChI=1S/C13H27N3O2/c1-6-7-16(9-12(17)15(4)5)13(18)11(8-14)10(2)3/h10-11H,6-9,14H2,1-5H3. The summed E-state index contributed by atoms with van der Waals surface area (Å²) in [5.74, 6) is -0.0799. The van der Waals surface area contributed by atoms with Crippen LogP contribution >= 0.6 is 0 Å². The molecule has 0 saturated carbocycles. The summed E-state index contributed by atoms with van der Waals surface area (Å²) >= 11 is 0. The second-order valence-electron chi connectivity index (χ2n) is 5.13. The van der Waals surface area contributed by atoms with Gasteiger partial charge in [0.2, 0.25) is 11.8 Å². The van der Waals surface area contributed by atoms with Crippen LogP contribution in [0, 0.1) is 11.8 Å². The van der Waals surface area contributed by atoms with Gasteiger partial charge in [-0.2, -0.15) is 0 Å². The van der Waals surface area contributed by atoms with Gasteiger partial charge in [-0.15, -0.1) is 0 Å². The predicted octanol–water partition coefficient (Wildman–Crippen LogP) is 0.544. The second kappa shape index (κ2) is 8.08. The zero-order valence-electron chi connectivity index (χ0n) is 12.3. The van der Waals surface area contributed by atoms with Crippen LogP contribution in [0.3, 0.4) is 0 Å². The first-order valence-electron chi connectivity index (χ1n) is 6.54. The summed E-state index contributed by atoms with van der Waals surface area (Å²) < 4.78 is 0. The fourth-order valence-electron chi connectivity index (χ4n) is 1.73. The van der Waals surface area contributed by atoms with E-state index < -0.39 is 0 Å². The summed E-state index contributed by atoms with van der Waals surface area (Å²) in [4.78, 5) is 27.2. The minimum Gasteiger partial charge on any atom is -0.347 e. The molecule has 18 heavy (non-hydrogen) atoms. The van der Waals surface area contributed by atoms with E-state index in [0.29, 0.717) is 13.1 Å². The van der Waals surface area contributed by atoms with Gasteiger partial charge in [-0.25, -0.2) is 0 Å². The largest absolute Gasteiger partial charge is 0.347 e. The maximum Gasteiger partial charge on any atom is 0.241 e. The molecular formula is C13H27N3O2. The van der Waals surface area contributed by atoms with Crippen LogP contribution in [0.2, 0.25) is 0 Å². The molecule has 1 atom stereocenters. The Morgan fingerprint density at radius 2 is 1.78 bits per heavy atom. The normalized spacial score (nSPS) is 12.4. The maximum atomic E-state index is 12.3. The van der Waals surface area contributed by atoms with Crippen molar-refractivity contribution >= 4 is 11.8 Å². The topological polar surface area (TPSA) is 66.6 Å². The van der Waals surface area contributed by atoms with E-state index in [-0.39, 0.29) is 30.2 Å². The molecule has 0 saturated heterocycles. The number of hydrogen-bond donors (Lipinski definition) is 1. The van der Waals surface area contributed by atoms with Crippen molar-refractivity contribution in [1.82, 2.24) is 9.80 Å². The number of likely N-dealkylation sites (N-methyl/N-ethyl adjacent to an activating group) is 1. The van der Waals surface area contributed by atoms with E-state index in [2.05, 4.69) is 0 Å². The van der Waals surface area contributed by atoms with E-state index >= 15 is 0 Å². The molecule has 5 nitrogen and oxygen atoms in total. The zero-order valence-corrected chi connectivity index (χ0v) is 12.3. The number of hydrogen-bond acceptors (Lipinski definition) is 3. The van der Waals surface area contributed by atoms with E-state index in [0.717, 1.165) is 6.42 Å². The van der Waals surface area contributed by atoms with Crippen LogP contribution in [0.25, 0.3) is 0 Å². The molecule has 0 aromatic carbocycles. The van der Waals surface area contributed by atoms with Gasteiger partial charge >= 0.3 is 0 Å². The highest BCUT2D eigenvalue weighted by Crippen LogP contribution is 2.13. The first kappa shape index (κ1) is 16.9. The number of amides is 2. The van der Waals surface area contributed by atoms with Crippen LogP contribution in [0.15, 0.2) is 0 Å². The third-order valence-corrected chi connectivity index (χ3v) is 3.01. The van der Waals surface area contributed by atoms with Crippen LogP contribution in [0.1, 0.15) is 27.2 Å². The molecule has 0 heterocycles. The van der Waals surface area contributed by atoms with E-state index in [1.807, 2.05) is 20.8 Å². The lowest BCUT2D eigenvalue weighted by Crippen LogP contribution is -2.46. The molecule has 0 fully saturated rings. The van der Waals surface area contributed by atoms with Crippen molar-refractivity contribution in [3.05, 3.63) is 0 Å². The predicted molar refractivity (Wildman–Crippen MR) is 72.9 cm³/mol. The van der Waals surface area contributed by atoms with Crippen molar-refractivity contribution in [2.45, 2.75) is 27.2 Å². The molecule has 0 radical (unpaired) electrons. The summed E-state index contributed by atoms with van der Waals surface area (Å²) in [7, 11) is 3.39. The van der Waals surface area contributed by atoms with Crippen LogP contribution in [-0.2, 0) is 9.59 Å². The summed E-state index contributed by atoms with van der Waals surface area (Å²) in [6.45, 7) is 7.02. The van der Waals surface area contributed by atoms with Gasteiger partial charge in [0.15, 0.2) is 0 Å². The zero-order chi connectivity index (χ0) is 14.3. The molecule has 0 aromatic rings. The third kappa shape index (κ3) is 5.04. The molecule has 1 unspecified atom stereocenters. The number of carbonyl (C=O) groups excluding carboxylic acids is 2. The van der Waals surface area contributed by atoms with Crippen LogP contribution < -0.4 is 5.73 Å². The molecule has 2 N–H and O–H groups in total. The molecule has 0 aliphatic rings. The Labute approximate surface area is 110 Å². The first-order valence-corrected chi connectivity index (χ1v) is 6.54. The van der Waals surface area contributed by atoms with Gasteiger partial charge in [0.1, 0.15) is 0 Å². The molecule has 0 bridgehead atoms. The third-order valence-electron chi connectivity index (χ3n) is 3.01. The maximum absolute atomic E-state index is 12.3. The molecular weight excluding hydrogens is 230 g/mol. The molecule has 5 heteroatoms. The van der Waals surface area contributed by atoms with Crippen molar-refractivity contribution in [1.29, 1.82) is 0 Å². The minimum absolute atomic E-state index is 0.00968. The minimum atomic E-state index is -0.202. The highest BCUT2D eigenvalue weighted by Gasteiger charge is 2.27. The first-order chi connectivity index (χ1) is 8.34. The molecule has 106 valence electrons. The molecule has 0 rings (SSSR count). The van der Waals surface area contributed by atoms with Gasteiger partial charge in [0.25, 0.3) is 0 Å². The number of carbonyl (C=O) groups is 2. The fraction of sp³-hybridized carbons (Fsp3) is 0.846. The van der Waals surface area contributed by atoms with Gasteiger partial charge in [-0.3, -0.25) is 9.59 Å². The highest BCUT2D eigenvalue weighted by atomic mass is 16.2. The van der Waals surface area contributed by atoms with E-state index in [1.165, 1.54) is 4.90 Å². The molecule has 2 amide bonds. The Morgan fingerprint density at radius 1 is 1.22 bits per heavy atom. The van der Waals surface area contributed by atoms with Crippen molar-refractivity contribution in [2.24, 2.45) is 17.6 Å². The average molecular weight is 257 g/mol. The van der Waals surface area contributed by atoms with Gasteiger partial charge in [0, 0.05) is 27.2 Å². The lowest BCUT2D eigenvalue weighted by Gasteiger charge is -2.28. The van der Waals surface area contributed by atoms with E-state index in [1.54, 1.807) is 19.0 Å². The Balaban J connectivity index is 4.77.